The molecule has 1 unspecified atom stereocenters. The van der Waals surface area contributed by atoms with Gasteiger partial charge < -0.3 is 5.32 Å². The van der Waals surface area contributed by atoms with Crippen LogP contribution in [0.5, 0.6) is 0 Å². The van der Waals surface area contributed by atoms with Crippen molar-refractivity contribution in [3.8, 4) is 0 Å². The third-order valence-corrected chi connectivity index (χ3v) is 6.91. The SMILES string of the molecule is Cc1ccc(S(=O)(=O)N2CCCCCC2)cc1C(=O)NC(C)C(C)C. The zero-order chi connectivity index (χ0) is 18.6. The summed E-state index contributed by atoms with van der Waals surface area (Å²) in [6, 6.07) is 4.88. The average Bonchev–Trinajstić information content (AvgIpc) is 2.84. The fourth-order valence-corrected chi connectivity index (χ4v) is 4.43. The van der Waals surface area contributed by atoms with Crippen molar-refractivity contribution >= 4 is 15.9 Å². The Morgan fingerprint density at radius 1 is 1.08 bits per heavy atom. The van der Waals surface area contributed by atoms with Gasteiger partial charge in [0, 0.05) is 24.7 Å². The molecule has 2 rings (SSSR count). The van der Waals surface area contributed by atoms with E-state index in [1.807, 2.05) is 27.7 Å². The second kappa shape index (κ2) is 8.32. The molecule has 25 heavy (non-hydrogen) atoms. The first-order valence-corrected chi connectivity index (χ1v) is 10.6. The zero-order valence-corrected chi connectivity index (χ0v) is 16.5. The van der Waals surface area contributed by atoms with Gasteiger partial charge in [-0.15, -0.1) is 0 Å². The summed E-state index contributed by atoms with van der Waals surface area (Å²) in [7, 11) is -3.55. The standard InChI is InChI=1S/C19H30N2O3S/c1-14(2)16(4)20-19(22)18-13-17(10-9-15(18)3)25(23,24)21-11-7-5-6-8-12-21/h9-10,13-14,16H,5-8,11-12H2,1-4H3,(H,20,22). The summed E-state index contributed by atoms with van der Waals surface area (Å²) >= 11 is 0. The normalized spacial score (nSPS) is 18.0. The Hall–Kier alpha value is -1.40. The minimum absolute atomic E-state index is 0.0257. The molecule has 1 aliphatic rings. The Kier molecular flexibility index (Phi) is 6.63. The van der Waals surface area contributed by atoms with Crippen molar-refractivity contribution in [2.24, 2.45) is 5.92 Å². The topological polar surface area (TPSA) is 66.5 Å². The molecule has 0 saturated carbocycles. The van der Waals surface area contributed by atoms with Gasteiger partial charge in [-0.2, -0.15) is 4.31 Å². The minimum Gasteiger partial charge on any atom is -0.349 e. The van der Waals surface area contributed by atoms with Gasteiger partial charge in [0.25, 0.3) is 5.91 Å². The summed E-state index contributed by atoms with van der Waals surface area (Å²) in [6.45, 7) is 8.98. The number of hydrogen-bond donors (Lipinski definition) is 1. The molecule has 1 aromatic rings. The molecule has 0 aliphatic carbocycles. The van der Waals surface area contributed by atoms with Crippen molar-refractivity contribution < 1.29 is 13.2 Å². The van der Waals surface area contributed by atoms with Gasteiger partial charge in [0.15, 0.2) is 0 Å². The number of amides is 1. The van der Waals surface area contributed by atoms with E-state index in [2.05, 4.69) is 5.32 Å². The van der Waals surface area contributed by atoms with Crippen LogP contribution in [-0.4, -0.2) is 37.8 Å². The predicted octanol–water partition coefficient (Wildman–Crippen LogP) is 3.33. The van der Waals surface area contributed by atoms with Crippen LogP contribution in [0.3, 0.4) is 0 Å². The van der Waals surface area contributed by atoms with Crippen LogP contribution in [0.2, 0.25) is 0 Å². The molecule has 1 saturated heterocycles. The Morgan fingerprint density at radius 3 is 2.24 bits per heavy atom. The van der Waals surface area contributed by atoms with Gasteiger partial charge in [0.2, 0.25) is 10.0 Å². The number of rotatable bonds is 5. The highest BCUT2D eigenvalue weighted by atomic mass is 32.2. The van der Waals surface area contributed by atoms with Crippen molar-refractivity contribution in [1.82, 2.24) is 9.62 Å². The Labute approximate surface area is 151 Å². The molecule has 140 valence electrons. The van der Waals surface area contributed by atoms with Crippen molar-refractivity contribution in [2.45, 2.75) is 64.3 Å². The lowest BCUT2D eigenvalue weighted by molar-refractivity contribution is 0.0929. The lowest BCUT2D eigenvalue weighted by Crippen LogP contribution is -2.36. The van der Waals surface area contributed by atoms with Gasteiger partial charge in [-0.1, -0.05) is 32.8 Å². The third-order valence-electron chi connectivity index (χ3n) is 5.02. The first-order chi connectivity index (χ1) is 11.7. The molecular formula is C19H30N2O3S. The Bertz CT molecular complexity index is 705. The first-order valence-electron chi connectivity index (χ1n) is 9.15. The number of nitrogens with zero attached hydrogens (tertiary/aromatic N) is 1. The van der Waals surface area contributed by atoms with E-state index in [0.29, 0.717) is 24.6 Å². The molecule has 1 amide bonds. The number of sulfonamides is 1. The molecule has 0 spiro atoms. The second-order valence-corrected chi connectivity index (χ2v) is 9.24. The van der Waals surface area contributed by atoms with E-state index in [1.165, 1.54) is 6.07 Å². The van der Waals surface area contributed by atoms with E-state index in [4.69, 9.17) is 0 Å². The maximum Gasteiger partial charge on any atom is 0.251 e. The van der Waals surface area contributed by atoms with Crippen molar-refractivity contribution in [1.29, 1.82) is 0 Å². The number of nitrogens with one attached hydrogen (secondary N) is 1. The summed E-state index contributed by atoms with van der Waals surface area (Å²) in [5.74, 6) is 0.0971. The van der Waals surface area contributed by atoms with Crippen molar-refractivity contribution in [3.05, 3.63) is 29.3 Å². The second-order valence-electron chi connectivity index (χ2n) is 7.30. The molecule has 1 aliphatic heterocycles. The molecule has 1 atom stereocenters. The zero-order valence-electron chi connectivity index (χ0n) is 15.7. The molecular weight excluding hydrogens is 336 g/mol. The lowest BCUT2D eigenvalue weighted by atomic mass is 10.0. The quantitative estimate of drug-likeness (QED) is 0.869. The molecule has 6 heteroatoms. The number of carbonyl (C=O) groups excluding carboxylic acids is 1. The van der Waals surface area contributed by atoms with Crippen LogP contribution in [0.15, 0.2) is 23.1 Å². The lowest BCUT2D eigenvalue weighted by Gasteiger charge is -2.21. The largest absolute Gasteiger partial charge is 0.349 e. The molecule has 1 aromatic carbocycles. The smallest absolute Gasteiger partial charge is 0.251 e. The summed E-state index contributed by atoms with van der Waals surface area (Å²) in [5, 5.41) is 2.96. The molecule has 1 heterocycles. The van der Waals surface area contributed by atoms with Gasteiger partial charge in [-0.05, 0) is 50.3 Å². The molecule has 0 aromatic heterocycles. The summed E-state index contributed by atoms with van der Waals surface area (Å²) in [4.78, 5) is 12.8. The Balaban J connectivity index is 2.29. The fraction of sp³-hybridized carbons (Fsp3) is 0.632. The average molecular weight is 367 g/mol. The molecule has 1 N–H and O–H groups in total. The van der Waals surface area contributed by atoms with E-state index in [1.54, 1.807) is 16.4 Å². The molecule has 0 bridgehead atoms. The Morgan fingerprint density at radius 2 is 1.68 bits per heavy atom. The maximum atomic E-state index is 13.0. The van der Waals surface area contributed by atoms with E-state index in [0.717, 1.165) is 31.2 Å². The van der Waals surface area contributed by atoms with Gasteiger partial charge >= 0.3 is 0 Å². The van der Waals surface area contributed by atoms with Crippen LogP contribution in [0.25, 0.3) is 0 Å². The van der Waals surface area contributed by atoms with E-state index >= 15 is 0 Å². The van der Waals surface area contributed by atoms with Crippen LogP contribution in [-0.2, 0) is 10.0 Å². The van der Waals surface area contributed by atoms with Crippen LogP contribution >= 0.6 is 0 Å². The minimum atomic E-state index is -3.55. The van der Waals surface area contributed by atoms with Crippen LogP contribution in [0.1, 0.15) is 62.4 Å². The fourth-order valence-electron chi connectivity index (χ4n) is 2.89. The number of benzene rings is 1. The summed E-state index contributed by atoms with van der Waals surface area (Å²) < 4.78 is 27.5. The van der Waals surface area contributed by atoms with Crippen molar-refractivity contribution in [3.63, 3.8) is 0 Å². The molecule has 0 radical (unpaired) electrons. The van der Waals surface area contributed by atoms with Gasteiger partial charge in [0.1, 0.15) is 0 Å². The van der Waals surface area contributed by atoms with Crippen LogP contribution < -0.4 is 5.32 Å². The number of aryl methyl sites for hydroxylation is 1. The number of carbonyl (C=O) groups is 1. The maximum absolute atomic E-state index is 13.0. The molecule has 1 fully saturated rings. The highest BCUT2D eigenvalue weighted by molar-refractivity contribution is 7.89. The first kappa shape index (κ1) is 19.9. The number of hydrogen-bond acceptors (Lipinski definition) is 3. The summed E-state index contributed by atoms with van der Waals surface area (Å²) in [6.07, 6.45) is 3.93. The highest BCUT2D eigenvalue weighted by Crippen LogP contribution is 2.23. The van der Waals surface area contributed by atoms with E-state index in [-0.39, 0.29) is 16.8 Å². The van der Waals surface area contributed by atoms with Crippen LogP contribution in [0.4, 0.5) is 0 Å². The van der Waals surface area contributed by atoms with E-state index in [9.17, 15) is 13.2 Å². The molecule has 5 nitrogen and oxygen atoms in total. The van der Waals surface area contributed by atoms with E-state index < -0.39 is 10.0 Å². The van der Waals surface area contributed by atoms with Gasteiger partial charge in [-0.25, -0.2) is 8.42 Å². The van der Waals surface area contributed by atoms with Crippen LogP contribution in [0, 0.1) is 12.8 Å². The summed E-state index contributed by atoms with van der Waals surface area (Å²) in [5.41, 5.74) is 1.21. The third kappa shape index (κ3) is 4.82. The van der Waals surface area contributed by atoms with Gasteiger partial charge in [0.05, 0.1) is 4.90 Å². The predicted molar refractivity (Wildman–Crippen MR) is 100 cm³/mol. The van der Waals surface area contributed by atoms with Crippen molar-refractivity contribution in [2.75, 3.05) is 13.1 Å². The monoisotopic (exact) mass is 366 g/mol. The van der Waals surface area contributed by atoms with Gasteiger partial charge in [-0.3, -0.25) is 4.79 Å². The highest BCUT2D eigenvalue weighted by Gasteiger charge is 2.26.